The van der Waals surface area contributed by atoms with Crippen LogP contribution in [0.15, 0.2) is 24.3 Å². The number of rotatable bonds is 7. The molecule has 0 aliphatic heterocycles. The molecule has 1 fully saturated rings. The van der Waals surface area contributed by atoms with Gasteiger partial charge in [-0.15, -0.1) is 0 Å². The zero-order valence-corrected chi connectivity index (χ0v) is 11.8. The molecule has 0 spiro atoms. The quantitative estimate of drug-likeness (QED) is 0.788. The molecular weight excluding hydrogens is 222 g/mol. The van der Waals surface area contributed by atoms with E-state index in [1.54, 1.807) is 0 Å². The van der Waals surface area contributed by atoms with E-state index in [-0.39, 0.29) is 0 Å². The first-order valence-electron chi connectivity index (χ1n) is 7.23. The van der Waals surface area contributed by atoms with E-state index in [2.05, 4.69) is 43.4 Å². The molecule has 1 aliphatic carbocycles. The Kier molecular flexibility index (Phi) is 4.65. The first-order chi connectivity index (χ1) is 8.74. The number of hydrogen-bond acceptors (Lipinski definition) is 2. The highest BCUT2D eigenvalue weighted by atomic mass is 16.5. The lowest BCUT2D eigenvalue weighted by Crippen LogP contribution is -2.32. The minimum Gasteiger partial charge on any atom is -0.494 e. The van der Waals surface area contributed by atoms with E-state index in [0.717, 1.165) is 18.3 Å². The van der Waals surface area contributed by atoms with Crippen LogP contribution < -0.4 is 10.1 Å². The maximum atomic E-state index is 5.47. The molecule has 1 aromatic rings. The van der Waals surface area contributed by atoms with Crippen molar-refractivity contribution in [1.29, 1.82) is 0 Å². The second-order valence-electron chi connectivity index (χ2n) is 5.24. The summed E-state index contributed by atoms with van der Waals surface area (Å²) in [7, 11) is 0. The van der Waals surface area contributed by atoms with Crippen molar-refractivity contribution >= 4 is 0 Å². The standard InChI is InChI=1S/C16H25NO/c1-4-16(14-6-7-14)17-12(3)13-8-10-15(11-9-13)18-5-2/h8-12,14,16-17H,4-7H2,1-3H3. The SMILES string of the molecule is CCOc1ccc(C(C)NC(CC)C2CC2)cc1. The van der Waals surface area contributed by atoms with Crippen LogP contribution in [0.2, 0.25) is 0 Å². The van der Waals surface area contributed by atoms with Crippen molar-refractivity contribution in [3.8, 4) is 5.75 Å². The van der Waals surface area contributed by atoms with E-state index < -0.39 is 0 Å². The third kappa shape index (κ3) is 3.49. The second kappa shape index (κ2) is 6.24. The molecular formula is C16H25NO. The summed E-state index contributed by atoms with van der Waals surface area (Å²) in [6, 6.07) is 9.58. The van der Waals surface area contributed by atoms with E-state index in [1.165, 1.54) is 24.8 Å². The van der Waals surface area contributed by atoms with Crippen LogP contribution in [0.4, 0.5) is 0 Å². The van der Waals surface area contributed by atoms with Crippen LogP contribution in [-0.4, -0.2) is 12.6 Å². The first-order valence-corrected chi connectivity index (χ1v) is 7.23. The van der Waals surface area contributed by atoms with Gasteiger partial charge in [-0.2, -0.15) is 0 Å². The van der Waals surface area contributed by atoms with Crippen molar-refractivity contribution in [3.63, 3.8) is 0 Å². The minimum atomic E-state index is 0.422. The molecule has 1 aromatic carbocycles. The Balaban J connectivity index is 1.92. The molecule has 0 heterocycles. The fraction of sp³-hybridized carbons (Fsp3) is 0.625. The molecule has 100 valence electrons. The maximum Gasteiger partial charge on any atom is 0.119 e. The monoisotopic (exact) mass is 247 g/mol. The van der Waals surface area contributed by atoms with Gasteiger partial charge in [0.05, 0.1) is 6.61 Å². The highest BCUT2D eigenvalue weighted by molar-refractivity contribution is 5.29. The van der Waals surface area contributed by atoms with E-state index in [9.17, 15) is 0 Å². The van der Waals surface area contributed by atoms with Crippen molar-refractivity contribution in [3.05, 3.63) is 29.8 Å². The molecule has 2 atom stereocenters. The largest absolute Gasteiger partial charge is 0.494 e. The Morgan fingerprint density at radius 3 is 2.39 bits per heavy atom. The number of ether oxygens (including phenoxy) is 1. The van der Waals surface area contributed by atoms with Crippen LogP contribution in [0.5, 0.6) is 5.75 Å². The summed E-state index contributed by atoms with van der Waals surface area (Å²) in [6.07, 6.45) is 4.04. The predicted octanol–water partition coefficient (Wildman–Crippen LogP) is 3.92. The van der Waals surface area contributed by atoms with Gasteiger partial charge in [-0.05, 0) is 56.7 Å². The summed E-state index contributed by atoms with van der Waals surface area (Å²) in [6.45, 7) is 7.27. The van der Waals surface area contributed by atoms with Gasteiger partial charge < -0.3 is 10.1 Å². The topological polar surface area (TPSA) is 21.3 Å². The van der Waals surface area contributed by atoms with Crippen molar-refractivity contribution in [1.82, 2.24) is 5.32 Å². The van der Waals surface area contributed by atoms with Crippen molar-refractivity contribution < 1.29 is 4.74 Å². The third-order valence-corrected chi connectivity index (χ3v) is 3.79. The van der Waals surface area contributed by atoms with Crippen molar-refractivity contribution in [2.24, 2.45) is 5.92 Å². The average molecular weight is 247 g/mol. The normalized spacial score (nSPS) is 18.4. The Bertz CT molecular complexity index is 356. The van der Waals surface area contributed by atoms with Gasteiger partial charge in [0, 0.05) is 12.1 Å². The van der Waals surface area contributed by atoms with Crippen LogP contribution >= 0.6 is 0 Å². The van der Waals surface area contributed by atoms with Crippen LogP contribution in [0.3, 0.4) is 0 Å². The lowest BCUT2D eigenvalue weighted by Gasteiger charge is -2.22. The lowest BCUT2D eigenvalue weighted by molar-refractivity contribution is 0.340. The van der Waals surface area contributed by atoms with Gasteiger partial charge in [-0.1, -0.05) is 19.1 Å². The van der Waals surface area contributed by atoms with E-state index in [0.29, 0.717) is 12.1 Å². The summed E-state index contributed by atoms with van der Waals surface area (Å²) >= 11 is 0. The molecule has 2 nitrogen and oxygen atoms in total. The average Bonchev–Trinajstić information content (AvgIpc) is 3.21. The Morgan fingerprint density at radius 2 is 1.89 bits per heavy atom. The smallest absolute Gasteiger partial charge is 0.119 e. The van der Waals surface area contributed by atoms with Crippen LogP contribution in [-0.2, 0) is 0 Å². The summed E-state index contributed by atoms with van der Waals surface area (Å²) in [4.78, 5) is 0. The lowest BCUT2D eigenvalue weighted by atomic mass is 10.0. The summed E-state index contributed by atoms with van der Waals surface area (Å²) in [5.41, 5.74) is 1.34. The Labute approximate surface area is 111 Å². The number of nitrogens with one attached hydrogen (secondary N) is 1. The number of benzene rings is 1. The molecule has 18 heavy (non-hydrogen) atoms. The predicted molar refractivity (Wildman–Crippen MR) is 76.0 cm³/mol. The zero-order valence-electron chi connectivity index (χ0n) is 11.8. The number of hydrogen-bond donors (Lipinski definition) is 1. The fourth-order valence-electron chi connectivity index (χ4n) is 2.52. The summed E-state index contributed by atoms with van der Waals surface area (Å²) < 4.78 is 5.47. The molecule has 2 rings (SSSR count). The molecule has 0 aromatic heterocycles. The second-order valence-corrected chi connectivity index (χ2v) is 5.24. The minimum absolute atomic E-state index is 0.422. The molecule has 1 saturated carbocycles. The van der Waals surface area contributed by atoms with Crippen LogP contribution in [0, 0.1) is 5.92 Å². The Morgan fingerprint density at radius 1 is 1.22 bits per heavy atom. The summed E-state index contributed by atoms with van der Waals surface area (Å²) in [5.74, 6) is 1.88. The third-order valence-electron chi connectivity index (χ3n) is 3.79. The first kappa shape index (κ1) is 13.4. The zero-order chi connectivity index (χ0) is 13.0. The van der Waals surface area contributed by atoms with Crippen molar-refractivity contribution in [2.45, 2.75) is 52.1 Å². The molecule has 0 amide bonds. The molecule has 0 saturated heterocycles. The molecule has 2 heteroatoms. The Hall–Kier alpha value is -1.02. The van der Waals surface area contributed by atoms with Gasteiger partial charge >= 0.3 is 0 Å². The van der Waals surface area contributed by atoms with Gasteiger partial charge in [-0.3, -0.25) is 0 Å². The maximum absolute atomic E-state index is 5.47. The van der Waals surface area contributed by atoms with Gasteiger partial charge in [-0.25, -0.2) is 0 Å². The van der Waals surface area contributed by atoms with Gasteiger partial charge in [0.1, 0.15) is 5.75 Å². The molecule has 2 unspecified atom stereocenters. The molecule has 0 radical (unpaired) electrons. The van der Waals surface area contributed by atoms with Crippen LogP contribution in [0.25, 0.3) is 0 Å². The highest BCUT2D eigenvalue weighted by Crippen LogP contribution is 2.35. The van der Waals surface area contributed by atoms with E-state index in [4.69, 9.17) is 4.74 Å². The molecule has 1 aliphatic rings. The van der Waals surface area contributed by atoms with Crippen LogP contribution in [0.1, 0.15) is 51.6 Å². The summed E-state index contributed by atoms with van der Waals surface area (Å²) in [5, 5.41) is 3.76. The van der Waals surface area contributed by atoms with Crippen molar-refractivity contribution in [2.75, 3.05) is 6.61 Å². The van der Waals surface area contributed by atoms with Gasteiger partial charge in [0.2, 0.25) is 0 Å². The van der Waals surface area contributed by atoms with Gasteiger partial charge in [0.25, 0.3) is 0 Å². The molecule has 0 bridgehead atoms. The van der Waals surface area contributed by atoms with Gasteiger partial charge in [0.15, 0.2) is 0 Å². The van der Waals surface area contributed by atoms with E-state index in [1.807, 2.05) is 6.92 Å². The molecule has 1 N–H and O–H groups in total. The van der Waals surface area contributed by atoms with E-state index >= 15 is 0 Å². The highest BCUT2D eigenvalue weighted by Gasteiger charge is 2.30. The fourth-order valence-corrected chi connectivity index (χ4v) is 2.52.